The highest BCUT2D eigenvalue weighted by molar-refractivity contribution is 8.76. The van der Waals surface area contributed by atoms with Gasteiger partial charge in [0.25, 0.3) is 0 Å². The molecule has 1 N–H and O–H groups in total. The van der Waals surface area contributed by atoms with Crippen molar-refractivity contribution >= 4 is 44.7 Å². The van der Waals surface area contributed by atoms with Crippen LogP contribution in [0.4, 0.5) is 11.4 Å². The largest absolute Gasteiger partial charge is 0.384 e. The first-order valence-corrected chi connectivity index (χ1v) is 14.4. The molecule has 3 rings (SSSR count). The van der Waals surface area contributed by atoms with E-state index in [1.807, 2.05) is 54.6 Å². The SMILES string of the molecule is CCCCNc1ccccc1SSc1ccccc1N(CCCC)C(=O)CC(=O)c1ccccc1. The third-order valence-electron chi connectivity index (χ3n) is 5.55. The van der Waals surface area contributed by atoms with Crippen LogP contribution in [0.15, 0.2) is 88.7 Å². The van der Waals surface area contributed by atoms with Crippen LogP contribution in [-0.4, -0.2) is 24.8 Å². The third kappa shape index (κ3) is 8.18. The Morgan fingerprint density at radius 2 is 1.40 bits per heavy atom. The van der Waals surface area contributed by atoms with Crippen molar-refractivity contribution in [1.29, 1.82) is 0 Å². The Morgan fingerprint density at radius 3 is 2.14 bits per heavy atom. The van der Waals surface area contributed by atoms with Gasteiger partial charge in [-0.15, -0.1) is 0 Å². The maximum Gasteiger partial charge on any atom is 0.234 e. The van der Waals surface area contributed by atoms with E-state index in [9.17, 15) is 9.59 Å². The summed E-state index contributed by atoms with van der Waals surface area (Å²) in [5.41, 5.74) is 2.56. The molecule has 3 aromatic rings. The predicted octanol–water partition coefficient (Wildman–Crippen LogP) is 8.10. The molecule has 4 nitrogen and oxygen atoms in total. The van der Waals surface area contributed by atoms with E-state index < -0.39 is 0 Å². The Morgan fingerprint density at radius 1 is 0.771 bits per heavy atom. The fourth-order valence-corrected chi connectivity index (χ4v) is 5.92. The Bertz CT molecular complexity index is 1090. The summed E-state index contributed by atoms with van der Waals surface area (Å²) in [6.45, 7) is 5.84. The van der Waals surface area contributed by atoms with Crippen molar-refractivity contribution in [3.63, 3.8) is 0 Å². The number of hydrogen-bond acceptors (Lipinski definition) is 5. The molecule has 0 aromatic heterocycles. The molecule has 0 spiro atoms. The van der Waals surface area contributed by atoms with Gasteiger partial charge in [0.05, 0.1) is 12.1 Å². The van der Waals surface area contributed by atoms with Gasteiger partial charge >= 0.3 is 0 Å². The van der Waals surface area contributed by atoms with Gasteiger partial charge in [0.1, 0.15) is 0 Å². The number of Topliss-reactive ketones (excluding diaryl/α,β-unsaturated/α-hetero) is 1. The molecule has 0 aliphatic carbocycles. The number of unbranched alkanes of at least 4 members (excludes halogenated alkanes) is 2. The smallest absolute Gasteiger partial charge is 0.234 e. The zero-order chi connectivity index (χ0) is 24.9. The molecule has 0 heterocycles. The Labute approximate surface area is 217 Å². The number of amides is 1. The number of anilines is 2. The van der Waals surface area contributed by atoms with Gasteiger partial charge < -0.3 is 10.2 Å². The minimum absolute atomic E-state index is 0.135. The monoisotopic (exact) mass is 506 g/mol. The van der Waals surface area contributed by atoms with Gasteiger partial charge in [-0.3, -0.25) is 9.59 Å². The summed E-state index contributed by atoms with van der Waals surface area (Å²) in [5.74, 6) is -0.310. The Hall–Kier alpha value is -2.70. The number of nitrogens with zero attached hydrogens (tertiary/aromatic N) is 1. The van der Waals surface area contributed by atoms with E-state index in [4.69, 9.17) is 0 Å². The molecule has 0 atom stereocenters. The third-order valence-corrected chi connectivity index (χ3v) is 8.03. The van der Waals surface area contributed by atoms with Crippen molar-refractivity contribution in [3.05, 3.63) is 84.4 Å². The normalized spacial score (nSPS) is 10.7. The number of hydrogen-bond donors (Lipinski definition) is 1. The van der Waals surface area contributed by atoms with E-state index >= 15 is 0 Å². The van der Waals surface area contributed by atoms with Crippen LogP contribution in [0.25, 0.3) is 0 Å². The lowest BCUT2D eigenvalue weighted by Crippen LogP contribution is -2.33. The van der Waals surface area contributed by atoms with E-state index in [2.05, 4.69) is 31.3 Å². The Kier molecular flexibility index (Phi) is 11.3. The van der Waals surface area contributed by atoms with Crippen molar-refractivity contribution in [2.75, 3.05) is 23.3 Å². The van der Waals surface area contributed by atoms with Crippen LogP contribution in [-0.2, 0) is 4.79 Å². The molecule has 0 aliphatic rings. The first kappa shape index (κ1) is 26.9. The van der Waals surface area contributed by atoms with Crippen molar-refractivity contribution in [1.82, 2.24) is 0 Å². The van der Waals surface area contributed by atoms with E-state index in [0.717, 1.165) is 53.4 Å². The molecule has 0 saturated heterocycles. The zero-order valence-corrected chi connectivity index (χ0v) is 22.2. The first-order valence-electron chi connectivity index (χ1n) is 12.3. The van der Waals surface area contributed by atoms with Gasteiger partial charge in [0, 0.05) is 34.1 Å². The van der Waals surface area contributed by atoms with Crippen LogP contribution in [0.1, 0.15) is 56.3 Å². The fraction of sp³-hybridized carbons (Fsp3) is 0.310. The second-order valence-corrected chi connectivity index (χ2v) is 10.5. The quantitative estimate of drug-likeness (QED) is 0.104. The summed E-state index contributed by atoms with van der Waals surface area (Å²) >= 11 is 0. The lowest BCUT2D eigenvalue weighted by molar-refractivity contribution is -0.117. The lowest BCUT2D eigenvalue weighted by atomic mass is 10.1. The number of para-hydroxylation sites is 2. The van der Waals surface area contributed by atoms with Crippen LogP contribution < -0.4 is 10.2 Å². The second kappa shape index (κ2) is 14.6. The van der Waals surface area contributed by atoms with Crippen LogP contribution in [0.3, 0.4) is 0 Å². The molecule has 0 bridgehead atoms. The molecule has 0 fully saturated rings. The molecule has 0 radical (unpaired) electrons. The van der Waals surface area contributed by atoms with Gasteiger partial charge in [0.15, 0.2) is 5.78 Å². The number of benzene rings is 3. The highest BCUT2D eigenvalue weighted by Crippen LogP contribution is 2.44. The molecule has 3 aromatic carbocycles. The van der Waals surface area contributed by atoms with E-state index in [1.165, 1.54) is 0 Å². The van der Waals surface area contributed by atoms with Crippen LogP contribution in [0, 0.1) is 0 Å². The maximum atomic E-state index is 13.3. The van der Waals surface area contributed by atoms with Gasteiger partial charge in [0.2, 0.25) is 5.91 Å². The van der Waals surface area contributed by atoms with E-state index in [1.54, 1.807) is 38.6 Å². The number of carbonyl (C=O) groups excluding carboxylic acids is 2. The first-order chi connectivity index (χ1) is 17.1. The topological polar surface area (TPSA) is 49.4 Å². The molecular formula is C29H34N2O2S2. The highest BCUT2D eigenvalue weighted by atomic mass is 33.1. The lowest BCUT2D eigenvalue weighted by Gasteiger charge is -2.25. The number of carbonyl (C=O) groups is 2. The number of ketones is 1. The molecule has 35 heavy (non-hydrogen) atoms. The van der Waals surface area contributed by atoms with Crippen molar-refractivity contribution in [2.45, 2.75) is 55.7 Å². The standard InChI is InChI=1S/C29H34N2O2S2/c1-3-5-20-30-24-16-10-12-18-27(24)34-35-28-19-13-11-17-25(28)31(21-6-4-2)29(33)22-26(32)23-14-8-7-9-15-23/h7-19,30H,3-6,20-22H2,1-2H3. The average Bonchev–Trinajstić information content (AvgIpc) is 2.89. The number of rotatable bonds is 14. The highest BCUT2D eigenvalue weighted by Gasteiger charge is 2.22. The minimum atomic E-state index is -0.160. The maximum absolute atomic E-state index is 13.3. The van der Waals surface area contributed by atoms with E-state index in [-0.39, 0.29) is 18.1 Å². The number of nitrogens with one attached hydrogen (secondary N) is 1. The Balaban J connectivity index is 1.77. The van der Waals surface area contributed by atoms with Gasteiger partial charge in [-0.1, -0.05) is 103 Å². The van der Waals surface area contributed by atoms with Crippen molar-refractivity contribution < 1.29 is 9.59 Å². The summed E-state index contributed by atoms with van der Waals surface area (Å²) in [6, 6.07) is 25.3. The molecule has 0 unspecified atom stereocenters. The molecular weight excluding hydrogens is 472 g/mol. The van der Waals surface area contributed by atoms with Crippen LogP contribution in [0.2, 0.25) is 0 Å². The summed E-state index contributed by atoms with van der Waals surface area (Å²) in [7, 11) is 3.33. The molecule has 0 saturated carbocycles. The minimum Gasteiger partial charge on any atom is -0.384 e. The summed E-state index contributed by atoms with van der Waals surface area (Å²) in [6.07, 6.45) is 3.99. The average molecular weight is 507 g/mol. The fourth-order valence-electron chi connectivity index (χ4n) is 3.58. The van der Waals surface area contributed by atoms with Crippen molar-refractivity contribution in [2.24, 2.45) is 0 Å². The summed E-state index contributed by atoms with van der Waals surface area (Å²) in [5, 5.41) is 3.53. The van der Waals surface area contributed by atoms with Crippen molar-refractivity contribution in [3.8, 4) is 0 Å². The second-order valence-electron chi connectivity index (χ2n) is 8.28. The molecule has 6 heteroatoms. The van der Waals surface area contributed by atoms with E-state index in [0.29, 0.717) is 12.1 Å². The molecule has 184 valence electrons. The van der Waals surface area contributed by atoms with Crippen LogP contribution in [0.5, 0.6) is 0 Å². The molecule has 1 amide bonds. The molecule has 0 aliphatic heterocycles. The summed E-state index contributed by atoms with van der Waals surface area (Å²) in [4.78, 5) is 30.0. The van der Waals surface area contributed by atoms with Gasteiger partial charge in [-0.25, -0.2) is 0 Å². The van der Waals surface area contributed by atoms with Crippen LogP contribution >= 0.6 is 21.6 Å². The van der Waals surface area contributed by atoms with Gasteiger partial charge in [-0.2, -0.15) is 0 Å². The zero-order valence-electron chi connectivity index (χ0n) is 20.5. The predicted molar refractivity (Wildman–Crippen MR) is 151 cm³/mol. The summed E-state index contributed by atoms with van der Waals surface area (Å²) < 4.78 is 0. The van der Waals surface area contributed by atoms with Gasteiger partial charge in [-0.05, 0) is 37.1 Å².